The number of rotatable bonds is 3. The molecule has 16 heavy (non-hydrogen) atoms. The number of carbonyl (C=O) groups is 1. The largest absolute Gasteiger partial charge is 0.481 e. The van der Waals surface area contributed by atoms with Crippen molar-refractivity contribution in [3.8, 4) is 5.88 Å². The first-order chi connectivity index (χ1) is 7.70. The lowest BCUT2D eigenvalue weighted by Crippen LogP contribution is -2.02. The molecule has 2 aromatic rings. The van der Waals surface area contributed by atoms with E-state index in [1.54, 1.807) is 6.07 Å². The Hall–Kier alpha value is -2.10. The van der Waals surface area contributed by atoms with Crippen LogP contribution in [0.25, 0.3) is 10.9 Å². The molecule has 4 heteroatoms. The van der Waals surface area contributed by atoms with Crippen LogP contribution in [0.5, 0.6) is 5.88 Å². The number of aliphatic carboxylic acids is 1. The monoisotopic (exact) mass is 217 g/mol. The summed E-state index contributed by atoms with van der Waals surface area (Å²) in [6.07, 6.45) is -0.0284. The van der Waals surface area contributed by atoms with E-state index in [0.29, 0.717) is 5.88 Å². The van der Waals surface area contributed by atoms with Crippen molar-refractivity contribution in [3.05, 3.63) is 35.9 Å². The standard InChI is InChI=1S/C12H11NO3/c1-16-11-6-8(7-12(14)15)9-4-2-3-5-10(9)13-11/h2-6H,7H2,1H3,(H,14,15). The van der Waals surface area contributed by atoms with Crippen LogP contribution < -0.4 is 4.74 Å². The summed E-state index contributed by atoms with van der Waals surface area (Å²) in [6, 6.07) is 9.08. The van der Waals surface area contributed by atoms with Gasteiger partial charge in [0.25, 0.3) is 0 Å². The summed E-state index contributed by atoms with van der Waals surface area (Å²) in [6.45, 7) is 0. The SMILES string of the molecule is COc1cc(CC(=O)O)c2ccccc2n1. The highest BCUT2D eigenvalue weighted by atomic mass is 16.5. The lowest BCUT2D eigenvalue weighted by molar-refractivity contribution is -0.136. The minimum atomic E-state index is -0.863. The van der Waals surface area contributed by atoms with Crippen LogP contribution in [0.2, 0.25) is 0 Å². The van der Waals surface area contributed by atoms with E-state index < -0.39 is 5.97 Å². The molecule has 0 saturated heterocycles. The number of aromatic nitrogens is 1. The molecule has 0 amide bonds. The van der Waals surface area contributed by atoms with Gasteiger partial charge in [-0.15, -0.1) is 0 Å². The zero-order chi connectivity index (χ0) is 11.5. The number of pyridine rings is 1. The van der Waals surface area contributed by atoms with Gasteiger partial charge in [0, 0.05) is 11.5 Å². The van der Waals surface area contributed by atoms with Gasteiger partial charge in [-0.2, -0.15) is 0 Å². The van der Waals surface area contributed by atoms with Gasteiger partial charge in [-0.3, -0.25) is 4.79 Å². The maximum atomic E-state index is 10.8. The molecule has 0 saturated carbocycles. The van der Waals surface area contributed by atoms with Crippen molar-refractivity contribution in [2.45, 2.75) is 6.42 Å². The summed E-state index contributed by atoms with van der Waals surface area (Å²) < 4.78 is 5.04. The van der Waals surface area contributed by atoms with Crippen molar-refractivity contribution >= 4 is 16.9 Å². The summed E-state index contributed by atoms with van der Waals surface area (Å²) >= 11 is 0. The fourth-order valence-corrected chi connectivity index (χ4v) is 1.63. The average molecular weight is 217 g/mol. The molecule has 0 radical (unpaired) electrons. The predicted molar refractivity (Wildman–Crippen MR) is 59.6 cm³/mol. The third-order valence-electron chi connectivity index (χ3n) is 2.33. The van der Waals surface area contributed by atoms with E-state index in [9.17, 15) is 4.79 Å². The van der Waals surface area contributed by atoms with Crippen LogP contribution in [-0.2, 0) is 11.2 Å². The number of nitrogens with zero attached hydrogens (tertiary/aromatic N) is 1. The predicted octanol–water partition coefficient (Wildman–Crippen LogP) is 1.87. The van der Waals surface area contributed by atoms with Crippen LogP contribution in [0.15, 0.2) is 30.3 Å². The molecule has 0 aliphatic rings. The van der Waals surface area contributed by atoms with E-state index in [4.69, 9.17) is 9.84 Å². The summed E-state index contributed by atoms with van der Waals surface area (Å²) in [4.78, 5) is 15.0. The first-order valence-corrected chi connectivity index (χ1v) is 4.85. The third kappa shape index (κ3) is 1.95. The van der Waals surface area contributed by atoms with Crippen LogP contribution in [-0.4, -0.2) is 23.2 Å². The summed E-state index contributed by atoms with van der Waals surface area (Å²) in [7, 11) is 1.52. The Kier molecular flexibility index (Phi) is 2.72. The molecule has 2 rings (SSSR count). The minimum Gasteiger partial charge on any atom is -0.481 e. The van der Waals surface area contributed by atoms with E-state index in [1.165, 1.54) is 7.11 Å². The zero-order valence-electron chi connectivity index (χ0n) is 8.80. The van der Waals surface area contributed by atoms with Gasteiger partial charge >= 0.3 is 5.97 Å². The first kappa shape index (κ1) is 10.4. The summed E-state index contributed by atoms with van der Waals surface area (Å²) in [5.41, 5.74) is 1.47. The summed E-state index contributed by atoms with van der Waals surface area (Å²) in [5.74, 6) is -0.423. The van der Waals surface area contributed by atoms with E-state index in [1.807, 2.05) is 24.3 Å². The van der Waals surface area contributed by atoms with Crippen LogP contribution in [0.3, 0.4) is 0 Å². The topological polar surface area (TPSA) is 59.4 Å². The van der Waals surface area contributed by atoms with Gasteiger partial charge in [-0.1, -0.05) is 18.2 Å². The molecular formula is C12H11NO3. The molecule has 82 valence electrons. The number of benzene rings is 1. The van der Waals surface area contributed by atoms with Gasteiger partial charge in [-0.25, -0.2) is 4.98 Å². The number of ether oxygens (including phenoxy) is 1. The number of carboxylic acids is 1. The highest BCUT2D eigenvalue weighted by Crippen LogP contribution is 2.22. The van der Waals surface area contributed by atoms with Crippen molar-refractivity contribution in [2.24, 2.45) is 0 Å². The van der Waals surface area contributed by atoms with Crippen molar-refractivity contribution in [1.82, 2.24) is 4.98 Å². The molecule has 1 N–H and O–H groups in total. The molecule has 0 atom stereocenters. The molecule has 0 fully saturated rings. The first-order valence-electron chi connectivity index (χ1n) is 4.85. The number of methoxy groups -OCH3 is 1. The van der Waals surface area contributed by atoms with E-state index >= 15 is 0 Å². The summed E-state index contributed by atoms with van der Waals surface area (Å²) in [5, 5.41) is 9.68. The van der Waals surface area contributed by atoms with Crippen molar-refractivity contribution in [1.29, 1.82) is 0 Å². The van der Waals surface area contributed by atoms with E-state index in [0.717, 1.165) is 16.5 Å². The molecule has 0 aliphatic carbocycles. The fourth-order valence-electron chi connectivity index (χ4n) is 1.63. The molecule has 1 aromatic heterocycles. The lowest BCUT2D eigenvalue weighted by atomic mass is 10.1. The maximum absolute atomic E-state index is 10.8. The van der Waals surface area contributed by atoms with Crippen molar-refractivity contribution in [3.63, 3.8) is 0 Å². The van der Waals surface area contributed by atoms with Crippen LogP contribution in [0, 0.1) is 0 Å². The van der Waals surface area contributed by atoms with Gasteiger partial charge in [0.15, 0.2) is 0 Å². The molecule has 4 nitrogen and oxygen atoms in total. The number of hydrogen-bond donors (Lipinski definition) is 1. The number of fused-ring (bicyclic) bond motifs is 1. The smallest absolute Gasteiger partial charge is 0.307 e. The second kappa shape index (κ2) is 4.18. The minimum absolute atomic E-state index is 0.0284. The molecule has 0 unspecified atom stereocenters. The van der Waals surface area contributed by atoms with Gasteiger partial charge in [0.05, 0.1) is 19.0 Å². The highest BCUT2D eigenvalue weighted by Gasteiger charge is 2.08. The van der Waals surface area contributed by atoms with Crippen LogP contribution in [0.1, 0.15) is 5.56 Å². The second-order valence-electron chi connectivity index (χ2n) is 3.41. The Labute approximate surface area is 92.5 Å². The number of hydrogen-bond acceptors (Lipinski definition) is 3. The van der Waals surface area contributed by atoms with Crippen LogP contribution >= 0.6 is 0 Å². The lowest BCUT2D eigenvalue weighted by Gasteiger charge is -2.06. The van der Waals surface area contributed by atoms with Crippen molar-refractivity contribution < 1.29 is 14.6 Å². The molecule has 1 heterocycles. The second-order valence-corrected chi connectivity index (χ2v) is 3.41. The Bertz CT molecular complexity index is 537. The van der Waals surface area contributed by atoms with Gasteiger partial charge in [-0.05, 0) is 11.6 Å². The van der Waals surface area contributed by atoms with Crippen LogP contribution in [0.4, 0.5) is 0 Å². The Morgan fingerprint density at radius 3 is 2.88 bits per heavy atom. The Morgan fingerprint density at radius 2 is 2.19 bits per heavy atom. The van der Waals surface area contributed by atoms with E-state index in [-0.39, 0.29) is 6.42 Å². The van der Waals surface area contributed by atoms with Crippen molar-refractivity contribution in [2.75, 3.05) is 7.11 Å². The molecule has 1 aromatic carbocycles. The fraction of sp³-hybridized carbons (Fsp3) is 0.167. The number of carboxylic acid groups (broad SMARTS) is 1. The normalized spacial score (nSPS) is 10.3. The third-order valence-corrected chi connectivity index (χ3v) is 2.33. The van der Waals surface area contributed by atoms with Gasteiger partial charge in [0.2, 0.25) is 5.88 Å². The maximum Gasteiger partial charge on any atom is 0.307 e. The van der Waals surface area contributed by atoms with Gasteiger partial charge in [0.1, 0.15) is 0 Å². The quantitative estimate of drug-likeness (QED) is 0.852. The zero-order valence-corrected chi connectivity index (χ0v) is 8.80. The molecular weight excluding hydrogens is 206 g/mol. The Balaban J connectivity index is 2.63. The van der Waals surface area contributed by atoms with Gasteiger partial charge < -0.3 is 9.84 Å². The molecule has 0 spiro atoms. The Morgan fingerprint density at radius 1 is 1.44 bits per heavy atom. The van der Waals surface area contributed by atoms with E-state index in [2.05, 4.69) is 4.98 Å². The number of para-hydroxylation sites is 1. The average Bonchev–Trinajstić information content (AvgIpc) is 2.28. The highest BCUT2D eigenvalue weighted by molar-refractivity contribution is 5.86. The molecule has 0 bridgehead atoms. The molecule has 0 aliphatic heterocycles.